The molecule has 148 valence electrons. The Balaban J connectivity index is 1.66. The Kier molecular flexibility index (Phi) is 4.99. The Hall–Kier alpha value is -3.68. The first kappa shape index (κ1) is 18.7. The summed E-state index contributed by atoms with van der Waals surface area (Å²) in [6.45, 7) is 1.94. The molecule has 3 aromatic rings. The zero-order valence-electron chi connectivity index (χ0n) is 15.8. The van der Waals surface area contributed by atoms with Gasteiger partial charge >= 0.3 is 5.97 Å². The molecule has 0 radical (unpaired) electrons. The molecule has 29 heavy (non-hydrogen) atoms. The molecule has 1 aliphatic rings. The van der Waals surface area contributed by atoms with Crippen molar-refractivity contribution in [2.75, 3.05) is 11.9 Å². The number of esters is 1. The number of pyridine rings is 1. The fourth-order valence-electron chi connectivity index (χ4n) is 3.00. The van der Waals surface area contributed by atoms with Crippen molar-refractivity contribution in [2.24, 2.45) is 0 Å². The van der Waals surface area contributed by atoms with E-state index in [4.69, 9.17) is 4.74 Å². The first-order valence-corrected chi connectivity index (χ1v) is 9.44. The summed E-state index contributed by atoms with van der Waals surface area (Å²) in [6, 6.07) is 12.0. The average Bonchev–Trinajstić information content (AvgIpc) is 3.45. The van der Waals surface area contributed by atoms with Crippen LogP contribution in [0.4, 0.5) is 5.69 Å². The van der Waals surface area contributed by atoms with Gasteiger partial charge in [-0.15, -0.1) is 0 Å². The molecule has 1 fully saturated rings. The summed E-state index contributed by atoms with van der Waals surface area (Å²) >= 11 is 0. The van der Waals surface area contributed by atoms with Gasteiger partial charge in [-0.3, -0.25) is 14.0 Å². The molecule has 1 aromatic carbocycles. The average molecular weight is 392 g/mol. The van der Waals surface area contributed by atoms with Gasteiger partial charge in [-0.1, -0.05) is 18.2 Å². The minimum Gasteiger partial charge on any atom is -0.462 e. The maximum absolute atomic E-state index is 13.0. The van der Waals surface area contributed by atoms with E-state index >= 15 is 0 Å². The number of hydrogen-bond donors (Lipinski definition) is 2. The van der Waals surface area contributed by atoms with Crippen LogP contribution < -0.4 is 10.6 Å². The number of ether oxygens (including phenoxy) is 1. The summed E-state index contributed by atoms with van der Waals surface area (Å²) in [7, 11) is 0. The van der Waals surface area contributed by atoms with Crippen LogP contribution in [0.15, 0.2) is 48.7 Å². The number of nitrogens with zero attached hydrogens (tertiary/aromatic N) is 2. The number of aromatic nitrogens is 2. The van der Waals surface area contributed by atoms with Crippen LogP contribution in [0, 0.1) is 0 Å². The maximum atomic E-state index is 13.0. The summed E-state index contributed by atoms with van der Waals surface area (Å²) in [6.07, 6.45) is 3.59. The highest BCUT2D eigenvalue weighted by atomic mass is 16.5. The van der Waals surface area contributed by atoms with Crippen LogP contribution in [0.25, 0.3) is 5.52 Å². The molecule has 0 spiro atoms. The van der Waals surface area contributed by atoms with Crippen LogP contribution in [0.2, 0.25) is 0 Å². The molecular formula is C21H20N4O4. The summed E-state index contributed by atoms with van der Waals surface area (Å²) in [5, 5.41) is 5.60. The van der Waals surface area contributed by atoms with Crippen molar-refractivity contribution in [1.29, 1.82) is 0 Å². The predicted molar refractivity (Wildman–Crippen MR) is 106 cm³/mol. The van der Waals surface area contributed by atoms with Gasteiger partial charge in [0.05, 0.1) is 23.4 Å². The number of nitrogens with one attached hydrogen (secondary N) is 2. The van der Waals surface area contributed by atoms with Gasteiger partial charge in [0.25, 0.3) is 11.8 Å². The Morgan fingerprint density at radius 1 is 1.10 bits per heavy atom. The highest BCUT2D eigenvalue weighted by Crippen LogP contribution is 2.22. The second kappa shape index (κ2) is 7.75. The largest absolute Gasteiger partial charge is 0.462 e. The molecule has 2 aromatic heterocycles. The summed E-state index contributed by atoms with van der Waals surface area (Å²) < 4.78 is 6.63. The maximum Gasteiger partial charge on any atom is 0.340 e. The smallest absolute Gasteiger partial charge is 0.340 e. The van der Waals surface area contributed by atoms with E-state index < -0.39 is 11.9 Å². The van der Waals surface area contributed by atoms with Crippen LogP contribution in [0.3, 0.4) is 0 Å². The number of hydrogen-bond acceptors (Lipinski definition) is 5. The molecule has 0 saturated heterocycles. The fraction of sp³-hybridized carbons (Fsp3) is 0.238. The first-order valence-electron chi connectivity index (χ1n) is 9.44. The molecule has 8 heteroatoms. The van der Waals surface area contributed by atoms with E-state index in [0.29, 0.717) is 11.2 Å². The van der Waals surface area contributed by atoms with Crippen molar-refractivity contribution in [1.82, 2.24) is 14.7 Å². The van der Waals surface area contributed by atoms with Crippen LogP contribution in [0.5, 0.6) is 0 Å². The van der Waals surface area contributed by atoms with E-state index in [1.54, 1.807) is 60.0 Å². The van der Waals surface area contributed by atoms with Gasteiger partial charge in [-0.25, -0.2) is 9.78 Å². The molecule has 1 aliphatic carbocycles. The Bertz CT molecular complexity index is 1100. The molecule has 0 unspecified atom stereocenters. The monoisotopic (exact) mass is 392 g/mol. The molecule has 2 amide bonds. The number of amides is 2. The summed E-state index contributed by atoms with van der Waals surface area (Å²) in [5.41, 5.74) is 1.17. The summed E-state index contributed by atoms with van der Waals surface area (Å²) in [4.78, 5) is 41.9. The predicted octanol–water partition coefficient (Wildman–Crippen LogP) is 2.66. The number of carbonyl (C=O) groups excluding carboxylic acids is 3. The SMILES string of the molecule is CCOC(=O)c1ccccc1NC(=O)c1nc(C(=O)NC2CC2)n2ccccc12. The highest BCUT2D eigenvalue weighted by molar-refractivity contribution is 6.11. The van der Waals surface area contributed by atoms with Gasteiger partial charge in [0.2, 0.25) is 5.82 Å². The minimum absolute atomic E-state index is 0.102. The van der Waals surface area contributed by atoms with Crippen molar-refractivity contribution >= 4 is 29.0 Å². The van der Waals surface area contributed by atoms with Crippen LogP contribution in [-0.4, -0.2) is 39.8 Å². The lowest BCUT2D eigenvalue weighted by Gasteiger charge is -2.09. The Labute approximate surface area is 166 Å². The van der Waals surface area contributed by atoms with E-state index in [9.17, 15) is 14.4 Å². The van der Waals surface area contributed by atoms with Crippen LogP contribution in [0.1, 0.15) is 51.2 Å². The number of imidazole rings is 1. The van der Waals surface area contributed by atoms with Crippen LogP contribution >= 0.6 is 0 Å². The van der Waals surface area contributed by atoms with E-state index in [2.05, 4.69) is 15.6 Å². The van der Waals surface area contributed by atoms with Crippen molar-refractivity contribution in [3.05, 3.63) is 65.7 Å². The molecule has 0 bridgehead atoms. The number of rotatable bonds is 6. The molecule has 2 heterocycles. The zero-order chi connectivity index (χ0) is 20.4. The second-order valence-corrected chi connectivity index (χ2v) is 6.71. The van der Waals surface area contributed by atoms with Crippen molar-refractivity contribution < 1.29 is 19.1 Å². The lowest BCUT2D eigenvalue weighted by atomic mass is 10.1. The number of anilines is 1. The number of para-hydroxylation sites is 1. The quantitative estimate of drug-likeness (QED) is 0.628. The van der Waals surface area contributed by atoms with Crippen molar-refractivity contribution in [3.8, 4) is 0 Å². The van der Waals surface area contributed by atoms with Gasteiger partial charge in [0.15, 0.2) is 5.69 Å². The molecular weight excluding hydrogens is 372 g/mol. The number of benzene rings is 1. The summed E-state index contributed by atoms with van der Waals surface area (Å²) in [5.74, 6) is -1.21. The molecule has 0 atom stereocenters. The van der Waals surface area contributed by atoms with E-state index in [0.717, 1.165) is 12.8 Å². The number of fused-ring (bicyclic) bond motifs is 1. The number of carbonyl (C=O) groups is 3. The van der Waals surface area contributed by atoms with Crippen LogP contribution in [-0.2, 0) is 4.74 Å². The standard InChI is InChI=1S/C21H20N4O4/c1-2-29-21(28)14-7-3-4-8-15(14)23-19(26)17-16-9-5-6-12-25(16)18(24-17)20(27)22-13-10-11-13/h3-9,12-13H,2,10-11H2,1H3,(H,22,27)(H,23,26). The molecule has 8 nitrogen and oxygen atoms in total. The van der Waals surface area contributed by atoms with Gasteiger partial charge < -0.3 is 15.4 Å². The second-order valence-electron chi connectivity index (χ2n) is 6.71. The molecule has 0 aliphatic heterocycles. The lowest BCUT2D eigenvalue weighted by Crippen LogP contribution is -2.27. The molecule has 2 N–H and O–H groups in total. The molecule has 4 rings (SSSR count). The van der Waals surface area contributed by atoms with E-state index in [1.807, 2.05) is 0 Å². The fourth-order valence-corrected chi connectivity index (χ4v) is 3.00. The van der Waals surface area contributed by atoms with E-state index in [1.165, 1.54) is 0 Å². The lowest BCUT2D eigenvalue weighted by molar-refractivity contribution is 0.0527. The highest BCUT2D eigenvalue weighted by Gasteiger charge is 2.28. The first-order chi connectivity index (χ1) is 14.1. The minimum atomic E-state index is -0.525. The third-order valence-electron chi connectivity index (χ3n) is 4.55. The van der Waals surface area contributed by atoms with Gasteiger partial charge in [0.1, 0.15) is 0 Å². The van der Waals surface area contributed by atoms with Gasteiger partial charge in [0, 0.05) is 12.2 Å². The third kappa shape index (κ3) is 3.82. The van der Waals surface area contributed by atoms with Crippen molar-refractivity contribution in [3.63, 3.8) is 0 Å². The third-order valence-corrected chi connectivity index (χ3v) is 4.55. The zero-order valence-corrected chi connectivity index (χ0v) is 15.8. The Morgan fingerprint density at radius 2 is 1.86 bits per heavy atom. The molecule has 1 saturated carbocycles. The van der Waals surface area contributed by atoms with Gasteiger partial charge in [-0.2, -0.15) is 0 Å². The normalized spacial score (nSPS) is 13.1. The van der Waals surface area contributed by atoms with E-state index in [-0.39, 0.29) is 35.6 Å². The van der Waals surface area contributed by atoms with Gasteiger partial charge in [-0.05, 0) is 44.0 Å². The topological polar surface area (TPSA) is 102 Å². The Morgan fingerprint density at radius 3 is 2.62 bits per heavy atom. The van der Waals surface area contributed by atoms with Crippen molar-refractivity contribution in [2.45, 2.75) is 25.8 Å².